The van der Waals surface area contributed by atoms with Crippen molar-refractivity contribution in [1.82, 2.24) is 4.72 Å². The number of sulfonamides is 1. The number of aliphatic carboxylic acids is 1. The Morgan fingerprint density at radius 2 is 1.84 bits per heavy atom. The Kier molecular flexibility index (Phi) is 5.26. The fraction of sp³-hybridized carbons (Fsp3) is 0.308. The number of allylic oxidation sites excluding steroid dienone is 1. The Morgan fingerprint density at radius 3 is 2.32 bits per heavy atom. The molecule has 19 heavy (non-hydrogen) atoms. The van der Waals surface area contributed by atoms with Crippen LogP contribution in [0, 0.1) is 0 Å². The van der Waals surface area contributed by atoms with Crippen LogP contribution in [-0.2, 0) is 21.2 Å². The van der Waals surface area contributed by atoms with Crippen molar-refractivity contribution >= 4 is 16.0 Å². The van der Waals surface area contributed by atoms with Gasteiger partial charge in [0.05, 0.1) is 11.3 Å². The van der Waals surface area contributed by atoms with E-state index in [1.165, 1.54) is 24.3 Å². The SMILES string of the molecule is CC(C)=CCNS(=O)(=O)c1ccc(CC(=O)O)cc1. The third kappa shape index (κ3) is 5.23. The smallest absolute Gasteiger partial charge is 0.307 e. The number of hydrogen-bond donors (Lipinski definition) is 2. The van der Waals surface area contributed by atoms with E-state index in [9.17, 15) is 13.2 Å². The maximum Gasteiger partial charge on any atom is 0.307 e. The molecule has 1 aromatic rings. The van der Waals surface area contributed by atoms with Crippen LogP contribution in [-0.4, -0.2) is 26.0 Å². The number of benzene rings is 1. The highest BCUT2D eigenvalue weighted by Gasteiger charge is 2.12. The molecule has 104 valence electrons. The summed E-state index contributed by atoms with van der Waals surface area (Å²) in [7, 11) is -3.54. The standard InChI is InChI=1S/C13H17NO4S/c1-10(2)7-8-14-19(17,18)12-5-3-11(4-6-12)9-13(15)16/h3-7,14H,8-9H2,1-2H3,(H,15,16). The lowest BCUT2D eigenvalue weighted by molar-refractivity contribution is -0.136. The van der Waals surface area contributed by atoms with Crippen LogP contribution in [0.1, 0.15) is 19.4 Å². The molecule has 0 heterocycles. The average Bonchev–Trinajstić information content (AvgIpc) is 2.28. The van der Waals surface area contributed by atoms with Crippen LogP contribution in [0.15, 0.2) is 40.8 Å². The van der Waals surface area contributed by atoms with Gasteiger partial charge in [-0.25, -0.2) is 13.1 Å². The molecule has 0 aromatic heterocycles. The molecule has 0 radical (unpaired) electrons. The van der Waals surface area contributed by atoms with Crippen molar-refractivity contribution in [3.8, 4) is 0 Å². The van der Waals surface area contributed by atoms with E-state index in [0.29, 0.717) is 5.56 Å². The van der Waals surface area contributed by atoms with Crippen LogP contribution in [0.3, 0.4) is 0 Å². The van der Waals surface area contributed by atoms with Crippen molar-refractivity contribution in [2.45, 2.75) is 25.2 Å². The first-order valence-electron chi connectivity index (χ1n) is 5.75. The summed E-state index contributed by atoms with van der Waals surface area (Å²) in [5.41, 5.74) is 1.59. The highest BCUT2D eigenvalue weighted by molar-refractivity contribution is 7.89. The van der Waals surface area contributed by atoms with Gasteiger partial charge in [0.15, 0.2) is 0 Å². The van der Waals surface area contributed by atoms with Crippen LogP contribution in [0.5, 0.6) is 0 Å². The maximum atomic E-state index is 11.9. The topological polar surface area (TPSA) is 83.5 Å². The molecule has 2 N–H and O–H groups in total. The summed E-state index contributed by atoms with van der Waals surface area (Å²) in [5, 5.41) is 8.63. The molecule has 0 atom stereocenters. The van der Waals surface area contributed by atoms with Gasteiger partial charge in [-0.3, -0.25) is 4.79 Å². The number of carboxylic acid groups (broad SMARTS) is 1. The molecular weight excluding hydrogens is 266 g/mol. The predicted octanol–water partition coefficient (Wildman–Crippen LogP) is 1.56. The molecular formula is C13H17NO4S. The van der Waals surface area contributed by atoms with Crippen molar-refractivity contribution in [3.63, 3.8) is 0 Å². The van der Waals surface area contributed by atoms with Gasteiger partial charge in [0, 0.05) is 6.54 Å². The van der Waals surface area contributed by atoms with Gasteiger partial charge < -0.3 is 5.11 Å². The molecule has 0 aliphatic heterocycles. The second-order valence-electron chi connectivity index (χ2n) is 4.35. The quantitative estimate of drug-likeness (QED) is 0.776. The predicted molar refractivity (Wildman–Crippen MR) is 72.4 cm³/mol. The monoisotopic (exact) mass is 283 g/mol. The van der Waals surface area contributed by atoms with Gasteiger partial charge >= 0.3 is 5.97 Å². The minimum atomic E-state index is -3.54. The molecule has 0 fully saturated rings. The highest BCUT2D eigenvalue weighted by Crippen LogP contribution is 2.11. The zero-order chi connectivity index (χ0) is 14.5. The van der Waals surface area contributed by atoms with Gasteiger partial charge in [0.1, 0.15) is 0 Å². The number of rotatable bonds is 6. The van der Waals surface area contributed by atoms with E-state index < -0.39 is 16.0 Å². The molecule has 0 amide bonds. The molecule has 1 rings (SSSR count). The van der Waals surface area contributed by atoms with Gasteiger partial charge in [0.2, 0.25) is 10.0 Å². The molecule has 0 aliphatic carbocycles. The summed E-state index contributed by atoms with van der Waals surface area (Å²) < 4.78 is 26.2. The van der Waals surface area contributed by atoms with Crippen molar-refractivity contribution in [2.24, 2.45) is 0 Å². The Bertz CT molecular complexity index is 569. The molecule has 0 bridgehead atoms. The maximum absolute atomic E-state index is 11.9. The first kappa shape index (κ1) is 15.4. The van der Waals surface area contributed by atoms with Gasteiger partial charge in [-0.05, 0) is 31.5 Å². The van der Waals surface area contributed by atoms with E-state index in [1.54, 1.807) is 6.08 Å². The molecule has 5 nitrogen and oxygen atoms in total. The second-order valence-corrected chi connectivity index (χ2v) is 6.11. The van der Waals surface area contributed by atoms with E-state index in [2.05, 4.69) is 4.72 Å². The minimum absolute atomic E-state index is 0.120. The average molecular weight is 283 g/mol. The van der Waals surface area contributed by atoms with Gasteiger partial charge in [-0.1, -0.05) is 23.8 Å². The molecule has 1 aromatic carbocycles. The summed E-state index contributed by atoms with van der Waals surface area (Å²) in [6, 6.07) is 5.82. The second kappa shape index (κ2) is 6.49. The lowest BCUT2D eigenvalue weighted by atomic mass is 10.2. The van der Waals surface area contributed by atoms with Crippen molar-refractivity contribution in [3.05, 3.63) is 41.5 Å². The molecule has 6 heteroatoms. The zero-order valence-electron chi connectivity index (χ0n) is 10.9. The number of hydrogen-bond acceptors (Lipinski definition) is 3. The van der Waals surface area contributed by atoms with E-state index >= 15 is 0 Å². The molecule has 0 aliphatic rings. The van der Waals surface area contributed by atoms with Crippen LogP contribution in [0.25, 0.3) is 0 Å². The van der Waals surface area contributed by atoms with Crippen LogP contribution < -0.4 is 4.72 Å². The van der Waals surface area contributed by atoms with Crippen LogP contribution >= 0.6 is 0 Å². The largest absolute Gasteiger partial charge is 0.481 e. The highest BCUT2D eigenvalue weighted by atomic mass is 32.2. The zero-order valence-corrected chi connectivity index (χ0v) is 11.7. The van der Waals surface area contributed by atoms with Crippen molar-refractivity contribution in [2.75, 3.05) is 6.54 Å². The van der Waals surface area contributed by atoms with E-state index in [1.807, 2.05) is 13.8 Å². The van der Waals surface area contributed by atoms with E-state index in [0.717, 1.165) is 5.57 Å². The van der Waals surface area contributed by atoms with Gasteiger partial charge in [-0.15, -0.1) is 0 Å². The van der Waals surface area contributed by atoms with Crippen molar-refractivity contribution in [1.29, 1.82) is 0 Å². The van der Waals surface area contributed by atoms with Gasteiger partial charge in [0.25, 0.3) is 0 Å². The first-order chi connectivity index (χ1) is 8.81. The molecule has 0 spiro atoms. The first-order valence-corrected chi connectivity index (χ1v) is 7.23. The van der Waals surface area contributed by atoms with Crippen LogP contribution in [0.4, 0.5) is 0 Å². The fourth-order valence-corrected chi connectivity index (χ4v) is 2.36. The Labute approximate surface area is 113 Å². The molecule has 0 saturated heterocycles. The Morgan fingerprint density at radius 1 is 1.26 bits per heavy atom. The lowest BCUT2D eigenvalue weighted by Gasteiger charge is -2.05. The van der Waals surface area contributed by atoms with E-state index in [-0.39, 0.29) is 17.9 Å². The number of nitrogens with one attached hydrogen (secondary N) is 1. The minimum Gasteiger partial charge on any atom is -0.481 e. The summed E-state index contributed by atoms with van der Waals surface area (Å²) in [6.45, 7) is 4.01. The number of carbonyl (C=O) groups is 1. The number of carboxylic acids is 1. The summed E-state index contributed by atoms with van der Waals surface area (Å²) >= 11 is 0. The Balaban J connectivity index is 2.79. The van der Waals surface area contributed by atoms with Gasteiger partial charge in [-0.2, -0.15) is 0 Å². The Hall–Kier alpha value is -1.66. The molecule has 0 unspecified atom stereocenters. The molecule has 0 saturated carbocycles. The summed E-state index contributed by atoms with van der Waals surface area (Å²) in [4.78, 5) is 10.6. The summed E-state index contributed by atoms with van der Waals surface area (Å²) in [5.74, 6) is -0.947. The van der Waals surface area contributed by atoms with Crippen molar-refractivity contribution < 1.29 is 18.3 Å². The normalized spacial score (nSPS) is 11.1. The fourth-order valence-electron chi connectivity index (χ4n) is 1.40. The summed E-state index contributed by atoms with van der Waals surface area (Å²) in [6.07, 6.45) is 1.65. The lowest BCUT2D eigenvalue weighted by Crippen LogP contribution is -2.23. The van der Waals surface area contributed by atoms with Crippen LogP contribution in [0.2, 0.25) is 0 Å². The van der Waals surface area contributed by atoms with E-state index in [4.69, 9.17) is 5.11 Å². The third-order valence-corrected chi connectivity index (χ3v) is 3.81. The third-order valence-electron chi connectivity index (χ3n) is 2.37.